The van der Waals surface area contributed by atoms with Gasteiger partial charge in [0.1, 0.15) is 6.04 Å². The number of nitro benzene ring substituents is 1. The molecule has 0 aliphatic heterocycles. The van der Waals surface area contributed by atoms with Gasteiger partial charge in [-0.05, 0) is 18.9 Å². The van der Waals surface area contributed by atoms with Crippen LogP contribution in [0, 0.1) is 17.0 Å². The second-order valence-corrected chi connectivity index (χ2v) is 5.86. The molecule has 0 aromatic heterocycles. The van der Waals surface area contributed by atoms with Crippen molar-refractivity contribution < 1.29 is 28.3 Å². The van der Waals surface area contributed by atoms with E-state index in [0.717, 1.165) is 6.07 Å². The third kappa shape index (κ3) is 3.97. The minimum atomic E-state index is -4.42. The molecule has 0 bridgehead atoms. The van der Waals surface area contributed by atoms with E-state index in [1.807, 2.05) is 4.72 Å². The SMILES string of the molecule is Cc1cccc([N+](=O)[O-])c1S(=O)(=O)N[C@@H](CCO)C(=O)O. The lowest BCUT2D eigenvalue weighted by Crippen LogP contribution is -2.41. The Morgan fingerprint density at radius 3 is 2.57 bits per heavy atom. The fraction of sp³-hybridized carbons (Fsp3) is 0.364. The van der Waals surface area contributed by atoms with Crippen molar-refractivity contribution in [2.24, 2.45) is 0 Å². The number of aliphatic hydroxyl groups is 1. The molecule has 0 aliphatic carbocycles. The predicted molar refractivity (Wildman–Crippen MR) is 71.3 cm³/mol. The van der Waals surface area contributed by atoms with Gasteiger partial charge in [0.25, 0.3) is 5.69 Å². The van der Waals surface area contributed by atoms with E-state index in [2.05, 4.69) is 0 Å². The monoisotopic (exact) mass is 318 g/mol. The molecule has 9 nitrogen and oxygen atoms in total. The predicted octanol–water partition coefficient (Wildman–Crippen LogP) is 0.0171. The van der Waals surface area contributed by atoms with Gasteiger partial charge in [0.15, 0.2) is 4.90 Å². The highest BCUT2D eigenvalue weighted by atomic mass is 32.2. The Hall–Kier alpha value is -2.04. The van der Waals surface area contributed by atoms with Crippen molar-refractivity contribution in [2.75, 3.05) is 6.61 Å². The van der Waals surface area contributed by atoms with E-state index in [0.29, 0.717) is 0 Å². The summed E-state index contributed by atoms with van der Waals surface area (Å²) in [5.41, 5.74) is -0.527. The molecule has 21 heavy (non-hydrogen) atoms. The highest BCUT2D eigenvalue weighted by molar-refractivity contribution is 7.89. The van der Waals surface area contributed by atoms with Crippen LogP contribution in [0.25, 0.3) is 0 Å². The number of carbonyl (C=O) groups is 1. The summed E-state index contributed by atoms with van der Waals surface area (Å²) in [6.07, 6.45) is -0.353. The number of aliphatic hydroxyl groups excluding tert-OH is 1. The maximum Gasteiger partial charge on any atom is 0.321 e. The number of hydrogen-bond acceptors (Lipinski definition) is 6. The molecule has 0 spiro atoms. The van der Waals surface area contributed by atoms with Crippen LogP contribution in [-0.2, 0) is 14.8 Å². The molecule has 1 rings (SSSR count). The molecule has 3 N–H and O–H groups in total. The molecule has 0 saturated heterocycles. The molecule has 116 valence electrons. The largest absolute Gasteiger partial charge is 0.480 e. The number of nitro groups is 1. The third-order valence-corrected chi connectivity index (χ3v) is 4.33. The maximum atomic E-state index is 12.2. The van der Waals surface area contributed by atoms with Gasteiger partial charge in [0.05, 0.1) is 4.92 Å². The van der Waals surface area contributed by atoms with Crippen LogP contribution in [0.15, 0.2) is 23.1 Å². The van der Waals surface area contributed by atoms with Gasteiger partial charge in [-0.25, -0.2) is 8.42 Å². The Morgan fingerprint density at radius 1 is 1.48 bits per heavy atom. The third-order valence-electron chi connectivity index (χ3n) is 2.67. The number of aliphatic carboxylic acids is 1. The second kappa shape index (κ2) is 6.61. The standard InChI is InChI=1S/C11H14N2O7S/c1-7-3-2-4-9(13(17)18)10(7)21(19,20)12-8(5-6-14)11(15)16/h2-4,8,12,14H,5-6H2,1H3,(H,15,16)/t8-/m0/s1. The van der Waals surface area contributed by atoms with Crippen LogP contribution in [0.1, 0.15) is 12.0 Å². The molecular formula is C11H14N2O7S. The van der Waals surface area contributed by atoms with Gasteiger partial charge in [-0.3, -0.25) is 14.9 Å². The highest BCUT2D eigenvalue weighted by Gasteiger charge is 2.31. The molecule has 1 atom stereocenters. The zero-order chi connectivity index (χ0) is 16.2. The summed E-state index contributed by atoms with van der Waals surface area (Å²) in [6, 6.07) is 2.14. The summed E-state index contributed by atoms with van der Waals surface area (Å²) in [7, 11) is -4.42. The summed E-state index contributed by atoms with van der Waals surface area (Å²) in [5, 5.41) is 28.6. The van der Waals surface area contributed by atoms with Gasteiger partial charge >= 0.3 is 5.97 Å². The van der Waals surface area contributed by atoms with Crippen LogP contribution in [0.5, 0.6) is 0 Å². The number of sulfonamides is 1. The Morgan fingerprint density at radius 2 is 2.10 bits per heavy atom. The Labute approximate surface area is 120 Å². The zero-order valence-electron chi connectivity index (χ0n) is 11.0. The number of nitrogens with one attached hydrogen (secondary N) is 1. The highest BCUT2D eigenvalue weighted by Crippen LogP contribution is 2.27. The Kier molecular flexibility index (Phi) is 5.35. The first-order valence-electron chi connectivity index (χ1n) is 5.80. The van der Waals surface area contributed by atoms with Gasteiger partial charge in [-0.2, -0.15) is 4.72 Å². The zero-order valence-corrected chi connectivity index (χ0v) is 11.8. The van der Waals surface area contributed by atoms with E-state index < -0.39 is 44.1 Å². The number of benzene rings is 1. The van der Waals surface area contributed by atoms with Crippen molar-refractivity contribution in [3.05, 3.63) is 33.9 Å². The minimum absolute atomic E-state index is 0.116. The van der Waals surface area contributed by atoms with E-state index in [1.165, 1.54) is 19.1 Å². The van der Waals surface area contributed by atoms with Crippen LogP contribution >= 0.6 is 0 Å². The fourth-order valence-corrected chi connectivity index (χ4v) is 3.36. The van der Waals surface area contributed by atoms with Crippen molar-refractivity contribution in [1.82, 2.24) is 4.72 Å². The normalized spacial score (nSPS) is 12.9. The van der Waals surface area contributed by atoms with E-state index in [1.54, 1.807) is 0 Å². The van der Waals surface area contributed by atoms with Crippen LogP contribution in [0.3, 0.4) is 0 Å². The molecular weight excluding hydrogens is 304 g/mol. The first-order valence-corrected chi connectivity index (χ1v) is 7.29. The lowest BCUT2D eigenvalue weighted by molar-refractivity contribution is -0.387. The molecule has 1 aromatic rings. The van der Waals surface area contributed by atoms with Crippen molar-refractivity contribution >= 4 is 21.7 Å². The molecule has 0 saturated carbocycles. The van der Waals surface area contributed by atoms with Gasteiger partial charge in [0, 0.05) is 12.7 Å². The van der Waals surface area contributed by atoms with E-state index in [9.17, 15) is 23.3 Å². The average molecular weight is 318 g/mol. The number of aryl methyl sites for hydroxylation is 1. The van der Waals surface area contributed by atoms with Crippen molar-refractivity contribution in [3.8, 4) is 0 Å². The number of carboxylic acid groups (broad SMARTS) is 1. The van der Waals surface area contributed by atoms with Crippen LogP contribution < -0.4 is 4.72 Å². The number of carboxylic acids is 1. The first-order chi connectivity index (χ1) is 9.70. The smallest absolute Gasteiger partial charge is 0.321 e. The summed E-state index contributed by atoms with van der Waals surface area (Å²) in [6.45, 7) is 0.818. The molecule has 0 amide bonds. The van der Waals surface area contributed by atoms with Crippen molar-refractivity contribution in [3.63, 3.8) is 0 Å². The van der Waals surface area contributed by atoms with Crippen molar-refractivity contribution in [1.29, 1.82) is 0 Å². The Balaban J connectivity index is 3.31. The molecule has 0 radical (unpaired) electrons. The van der Waals surface area contributed by atoms with Gasteiger partial charge in [-0.1, -0.05) is 12.1 Å². The number of hydrogen-bond donors (Lipinski definition) is 3. The summed E-state index contributed by atoms with van der Waals surface area (Å²) in [4.78, 5) is 20.4. The van der Waals surface area contributed by atoms with Crippen LogP contribution in [-0.4, -0.2) is 42.2 Å². The van der Waals surface area contributed by atoms with Gasteiger partial charge < -0.3 is 10.2 Å². The molecule has 0 fully saturated rings. The minimum Gasteiger partial charge on any atom is -0.480 e. The fourth-order valence-electron chi connectivity index (χ4n) is 1.74. The maximum absolute atomic E-state index is 12.2. The molecule has 0 heterocycles. The van der Waals surface area contributed by atoms with Crippen LogP contribution in [0.2, 0.25) is 0 Å². The topological polar surface area (TPSA) is 147 Å². The summed E-state index contributed by atoms with van der Waals surface area (Å²) < 4.78 is 26.3. The van der Waals surface area contributed by atoms with Crippen molar-refractivity contribution in [2.45, 2.75) is 24.3 Å². The number of nitrogens with zero attached hydrogens (tertiary/aromatic N) is 1. The summed E-state index contributed by atoms with van der Waals surface area (Å²) in [5.74, 6) is -1.48. The van der Waals surface area contributed by atoms with Crippen LogP contribution in [0.4, 0.5) is 5.69 Å². The second-order valence-electron chi connectivity index (χ2n) is 4.20. The first kappa shape index (κ1) is 17.0. The van der Waals surface area contributed by atoms with E-state index in [4.69, 9.17) is 10.2 Å². The lowest BCUT2D eigenvalue weighted by Gasteiger charge is -2.14. The molecule has 10 heteroatoms. The summed E-state index contributed by atoms with van der Waals surface area (Å²) >= 11 is 0. The van der Waals surface area contributed by atoms with E-state index >= 15 is 0 Å². The van der Waals surface area contributed by atoms with E-state index in [-0.39, 0.29) is 12.0 Å². The Bertz CT molecular complexity index is 657. The average Bonchev–Trinajstić information content (AvgIpc) is 2.37. The molecule has 0 unspecified atom stereocenters. The molecule has 1 aromatic carbocycles. The van der Waals surface area contributed by atoms with Gasteiger partial charge in [0.2, 0.25) is 10.0 Å². The van der Waals surface area contributed by atoms with Gasteiger partial charge in [-0.15, -0.1) is 0 Å². The molecule has 0 aliphatic rings. The quantitative estimate of drug-likeness (QED) is 0.474. The number of rotatable bonds is 7. The lowest BCUT2D eigenvalue weighted by atomic mass is 10.2.